The van der Waals surface area contributed by atoms with Crippen LogP contribution in [0, 0.1) is 6.42 Å². The summed E-state index contributed by atoms with van der Waals surface area (Å²) in [7, 11) is 0. The number of aromatic carboxylic acids is 1. The zero-order valence-electron chi connectivity index (χ0n) is 6.58. The van der Waals surface area contributed by atoms with Crippen LogP contribution in [0.25, 0.3) is 0 Å². The maximum atomic E-state index is 10.6. The zero-order chi connectivity index (χ0) is 8.55. The van der Waals surface area contributed by atoms with Crippen LogP contribution in [0.4, 0.5) is 0 Å². The number of aryl methyl sites for hydroxylation is 1. The van der Waals surface area contributed by atoms with Gasteiger partial charge < -0.3 is 5.11 Å². The molecule has 0 amide bonds. The second kappa shape index (κ2) is 2.63. The molecule has 1 aromatic rings. The van der Waals surface area contributed by atoms with Gasteiger partial charge in [0.15, 0.2) is 0 Å². The molecule has 0 unspecified atom stereocenters. The van der Waals surface area contributed by atoms with Crippen LogP contribution in [0.3, 0.4) is 0 Å². The summed E-state index contributed by atoms with van der Waals surface area (Å²) in [6.07, 6.45) is 4.16. The molecule has 1 N–H and O–H groups in total. The van der Waals surface area contributed by atoms with E-state index in [9.17, 15) is 4.79 Å². The van der Waals surface area contributed by atoms with Gasteiger partial charge in [-0.05, 0) is 42.5 Å². The summed E-state index contributed by atoms with van der Waals surface area (Å²) in [6, 6.07) is 5.30. The molecule has 0 saturated heterocycles. The number of hydrogen-bond donors (Lipinski definition) is 1. The Kier molecular flexibility index (Phi) is 1.61. The van der Waals surface area contributed by atoms with Crippen molar-refractivity contribution in [1.82, 2.24) is 0 Å². The van der Waals surface area contributed by atoms with Crippen LogP contribution < -0.4 is 0 Å². The first kappa shape index (κ1) is 7.35. The lowest BCUT2D eigenvalue weighted by atomic mass is 10.1. The number of carboxylic acids is 1. The first-order valence-corrected chi connectivity index (χ1v) is 3.97. The normalized spacial score (nSPS) is 14.3. The summed E-state index contributed by atoms with van der Waals surface area (Å²) in [5.41, 5.74) is 2.75. The number of carbonyl (C=O) groups is 1. The predicted octanol–water partition coefficient (Wildman–Crippen LogP) is 1.88. The van der Waals surface area contributed by atoms with E-state index in [1.807, 2.05) is 6.07 Å². The standard InChI is InChI=1S/C10H9O2/c11-10(12)9-5-4-7-2-1-3-8(7)6-9/h2,4-6H,1,3H2,(H,11,12). The van der Waals surface area contributed by atoms with Gasteiger partial charge in [0, 0.05) is 0 Å². The minimum atomic E-state index is -0.843. The SMILES string of the molecule is O=C(O)c1ccc2c(c1)CC[CH]2. The quantitative estimate of drug-likeness (QED) is 0.682. The first-order chi connectivity index (χ1) is 5.77. The number of hydrogen-bond acceptors (Lipinski definition) is 1. The summed E-state index contributed by atoms with van der Waals surface area (Å²) in [5, 5.41) is 8.71. The van der Waals surface area contributed by atoms with Crippen LogP contribution in [0.15, 0.2) is 18.2 Å². The lowest BCUT2D eigenvalue weighted by Crippen LogP contribution is -1.97. The van der Waals surface area contributed by atoms with Gasteiger partial charge in [-0.3, -0.25) is 0 Å². The highest BCUT2D eigenvalue weighted by Crippen LogP contribution is 2.24. The van der Waals surface area contributed by atoms with Gasteiger partial charge in [0.1, 0.15) is 0 Å². The molecule has 0 spiro atoms. The molecule has 12 heavy (non-hydrogen) atoms. The van der Waals surface area contributed by atoms with Gasteiger partial charge in [-0.2, -0.15) is 0 Å². The molecule has 0 atom stereocenters. The number of rotatable bonds is 1. The second-order valence-corrected chi connectivity index (χ2v) is 2.96. The van der Waals surface area contributed by atoms with Crippen LogP contribution in [-0.4, -0.2) is 11.1 Å². The van der Waals surface area contributed by atoms with Crippen molar-refractivity contribution >= 4 is 5.97 Å². The maximum absolute atomic E-state index is 10.6. The lowest BCUT2D eigenvalue weighted by Gasteiger charge is -1.99. The molecule has 0 heterocycles. The third-order valence-electron chi connectivity index (χ3n) is 2.17. The van der Waals surface area contributed by atoms with Gasteiger partial charge in [0.25, 0.3) is 0 Å². The molecule has 2 nitrogen and oxygen atoms in total. The second-order valence-electron chi connectivity index (χ2n) is 2.96. The van der Waals surface area contributed by atoms with Crippen LogP contribution in [0.1, 0.15) is 27.9 Å². The van der Waals surface area contributed by atoms with E-state index in [1.54, 1.807) is 12.1 Å². The Balaban J connectivity index is 2.45. The van der Waals surface area contributed by atoms with E-state index in [0.29, 0.717) is 5.56 Å². The molecule has 2 rings (SSSR count). The van der Waals surface area contributed by atoms with Gasteiger partial charge in [-0.1, -0.05) is 6.07 Å². The summed E-state index contributed by atoms with van der Waals surface area (Å²) in [4.78, 5) is 10.6. The minimum absolute atomic E-state index is 0.393. The van der Waals surface area contributed by atoms with Crippen molar-refractivity contribution in [1.29, 1.82) is 0 Å². The third-order valence-corrected chi connectivity index (χ3v) is 2.17. The van der Waals surface area contributed by atoms with E-state index in [-0.39, 0.29) is 0 Å². The van der Waals surface area contributed by atoms with Gasteiger partial charge >= 0.3 is 5.97 Å². The fourth-order valence-electron chi connectivity index (χ4n) is 1.54. The highest BCUT2D eigenvalue weighted by atomic mass is 16.4. The van der Waals surface area contributed by atoms with Gasteiger partial charge in [-0.15, -0.1) is 0 Å². The molecule has 61 valence electrons. The van der Waals surface area contributed by atoms with Crippen LogP contribution >= 0.6 is 0 Å². The molecule has 1 aliphatic carbocycles. The van der Waals surface area contributed by atoms with Crippen molar-refractivity contribution in [2.45, 2.75) is 12.8 Å². The van der Waals surface area contributed by atoms with Gasteiger partial charge in [0.05, 0.1) is 5.56 Å². The van der Waals surface area contributed by atoms with Crippen molar-refractivity contribution in [2.24, 2.45) is 0 Å². The largest absolute Gasteiger partial charge is 0.478 e. The molecule has 0 aromatic heterocycles. The Morgan fingerprint density at radius 3 is 3.00 bits per heavy atom. The molecule has 0 aliphatic heterocycles. The lowest BCUT2D eigenvalue weighted by molar-refractivity contribution is 0.0697. The predicted molar refractivity (Wildman–Crippen MR) is 45.1 cm³/mol. The highest BCUT2D eigenvalue weighted by molar-refractivity contribution is 5.88. The number of carboxylic acid groups (broad SMARTS) is 1. The number of fused-ring (bicyclic) bond motifs is 1. The van der Waals surface area contributed by atoms with Crippen molar-refractivity contribution in [3.63, 3.8) is 0 Å². The minimum Gasteiger partial charge on any atom is -0.478 e. The van der Waals surface area contributed by atoms with Crippen LogP contribution in [0.5, 0.6) is 0 Å². The Hall–Kier alpha value is -1.31. The zero-order valence-corrected chi connectivity index (χ0v) is 6.58. The fraction of sp³-hybridized carbons (Fsp3) is 0.200. The van der Waals surface area contributed by atoms with Gasteiger partial charge in [-0.25, -0.2) is 4.79 Å². The molecule has 1 radical (unpaired) electrons. The molecular formula is C10H9O2. The van der Waals surface area contributed by atoms with E-state index >= 15 is 0 Å². The fourth-order valence-corrected chi connectivity index (χ4v) is 1.54. The summed E-state index contributed by atoms with van der Waals surface area (Å²) in [6.45, 7) is 0. The number of benzene rings is 1. The topological polar surface area (TPSA) is 37.3 Å². The van der Waals surface area contributed by atoms with Crippen molar-refractivity contribution in [3.05, 3.63) is 41.3 Å². The van der Waals surface area contributed by atoms with E-state index in [4.69, 9.17) is 5.11 Å². The average Bonchev–Trinajstić information content (AvgIpc) is 2.49. The molecule has 0 fully saturated rings. The van der Waals surface area contributed by atoms with Crippen molar-refractivity contribution < 1.29 is 9.90 Å². The van der Waals surface area contributed by atoms with Gasteiger partial charge in [0.2, 0.25) is 0 Å². The van der Waals surface area contributed by atoms with E-state index in [0.717, 1.165) is 18.4 Å². The molecule has 1 aliphatic rings. The van der Waals surface area contributed by atoms with E-state index in [1.165, 1.54) is 5.56 Å². The Labute approximate surface area is 70.8 Å². The first-order valence-electron chi connectivity index (χ1n) is 3.97. The Morgan fingerprint density at radius 2 is 2.25 bits per heavy atom. The van der Waals surface area contributed by atoms with E-state index < -0.39 is 5.97 Å². The van der Waals surface area contributed by atoms with Crippen LogP contribution in [-0.2, 0) is 6.42 Å². The molecule has 2 heteroatoms. The maximum Gasteiger partial charge on any atom is 0.335 e. The average molecular weight is 161 g/mol. The molecule has 0 saturated carbocycles. The highest BCUT2D eigenvalue weighted by Gasteiger charge is 2.12. The Morgan fingerprint density at radius 1 is 1.42 bits per heavy atom. The summed E-state index contributed by atoms with van der Waals surface area (Å²) < 4.78 is 0. The van der Waals surface area contributed by atoms with Crippen molar-refractivity contribution in [2.75, 3.05) is 0 Å². The summed E-state index contributed by atoms with van der Waals surface area (Å²) in [5.74, 6) is -0.843. The molecular weight excluding hydrogens is 152 g/mol. The molecule has 0 bridgehead atoms. The molecule has 1 aromatic carbocycles. The monoisotopic (exact) mass is 161 g/mol. The van der Waals surface area contributed by atoms with Crippen LogP contribution in [0.2, 0.25) is 0 Å². The van der Waals surface area contributed by atoms with E-state index in [2.05, 4.69) is 6.42 Å². The van der Waals surface area contributed by atoms with Crippen molar-refractivity contribution in [3.8, 4) is 0 Å². The smallest absolute Gasteiger partial charge is 0.335 e. The third kappa shape index (κ3) is 1.09. The Bertz CT molecular complexity index is 329. The summed E-state index contributed by atoms with van der Waals surface area (Å²) >= 11 is 0.